The predicted octanol–water partition coefficient (Wildman–Crippen LogP) is 3.00. The fourth-order valence-electron chi connectivity index (χ4n) is 1.73. The summed E-state index contributed by atoms with van der Waals surface area (Å²) in [6.07, 6.45) is 4.30. The zero-order valence-corrected chi connectivity index (χ0v) is 12.4. The molecule has 0 saturated carbocycles. The fourth-order valence-corrected chi connectivity index (χ4v) is 2.22. The third kappa shape index (κ3) is 5.03. The normalized spacial score (nSPS) is 10.2. The first-order chi connectivity index (χ1) is 9.20. The molecule has 19 heavy (non-hydrogen) atoms. The molecule has 4 nitrogen and oxygen atoms in total. The van der Waals surface area contributed by atoms with Gasteiger partial charge in [0.15, 0.2) is 0 Å². The molecule has 0 radical (unpaired) electrons. The Bertz CT molecular complexity index is 410. The Morgan fingerprint density at radius 3 is 2.89 bits per heavy atom. The lowest BCUT2D eigenvalue weighted by atomic mass is 10.1. The first-order valence-electron chi connectivity index (χ1n) is 6.49. The number of carbonyl (C=O) groups is 1. The van der Waals surface area contributed by atoms with Crippen molar-refractivity contribution >= 4 is 29.1 Å². The van der Waals surface area contributed by atoms with E-state index in [1.807, 2.05) is 11.8 Å². The van der Waals surface area contributed by atoms with Crippen LogP contribution in [-0.2, 0) is 4.74 Å². The number of nitrogens with two attached hydrogens (primary N) is 1. The van der Waals surface area contributed by atoms with Gasteiger partial charge in [0, 0.05) is 6.54 Å². The van der Waals surface area contributed by atoms with Gasteiger partial charge >= 0.3 is 5.97 Å². The van der Waals surface area contributed by atoms with Gasteiger partial charge in [0.1, 0.15) is 0 Å². The Kier molecular flexibility index (Phi) is 7.18. The minimum absolute atomic E-state index is 0.332. The molecule has 0 atom stereocenters. The Morgan fingerprint density at radius 1 is 1.42 bits per heavy atom. The van der Waals surface area contributed by atoms with Crippen LogP contribution >= 0.6 is 11.8 Å². The van der Waals surface area contributed by atoms with Crippen LogP contribution in [-0.4, -0.2) is 31.1 Å². The minimum atomic E-state index is -0.332. The van der Waals surface area contributed by atoms with E-state index in [4.69, 9.17) is 10.5 Å². The van der Waals surface area contributed by atoms with Gasteiger partial charge in [0.2, 0.25) is 0 Å². The number of unbranched alkanes of at least 4 members (excludes halogenated alkanes) is 1. The molecule has 1 rings (SSSR count). The van der Waals surface area contributed by atoms with Gasteiger partial charge in [0.25, 0.3) is 0 Å². The molecular weight excluding hydrogens is 260 g/mol. The highest BCUT2D eigenvalue weighted by Gasteiger charge is 2.14. The van der Waals surface area contributed by atoms with Gasteiger partial charge in [-0.05, 0) is 43.9 Å². The molecule has 0 aliphatic rings. The van der Waals surface area contributed by atoms with Crippen LogP contribution in [0.5, 0.6) is 0 Å². The van der Waals surface area contributed by atoms with Crippen LogP contribution in [0.25, 0.3) is 0 Å². The average Bonchev–Trinajstić information content (AvgIpc) is 2.40. The predicted molar refractivity (Wildman–Crippen MR) is 82.9 cm³/mol. The van der Waals surface area contributed by atoms with Crippen molar-refractivity contribution in [3.8, 4) is 0 Å². The Labute approximate surface area is 119 Å². The summed E-state index contributed by atoms with van der Waals surface area (Å²) in [7, 11) is 0. The number of nitrogens with one attached hydrogen (secondary N) is 1. The molecule has 5 heteroatoms. The quantitative estimate of drug-likeness (QED) is 0.436. The Hall–Kier alpha value is -1.36. The van der Waals surface area contributed by atoms with Crippen molar-refractivity contribution in [1.82, 2.24) is 0 Å². The molecule has 3 N–H and O–H groups in total. The third-order valence-corrected chi connectivity index (χ3v) is 3.37. The largest absolute Gasteiger partial charge is 0.462 e. The number of rotatable bonds is 8. The van der Waals surface area contributed by atoms with Crippen LogP contribution in [0.2, 0.25) is 0 Å². The van der Waals surface area contributed by atoms with E-state index >= 15 is 0 Å². The van der Waals surface area contributed by atoms with E-state index in [0.29, 0.717) is 23.5 Å². The topological polar surface area (TPSA) is 64.3 Å². The lowest BCUT2D eigenvalue weighted by molar-refractivity contribution is 0.0527. The van der Waals surface area contributed by atoms with Crippen LogP contribution in [0.15, 0.2) is 18.2 Å². The van der Waals surface area contributed by atoms with Gasteiger partial charge in [0.05, 0.1) is 23.5 Å². The number of para-hydroxylation sites is 1. The molecule has 0 aliphatic heterocycles. The van der Waals surface area contributed by atoms with Crippen LogP contribution in [0.4, 0.5) is 11.4 Å². The second-order valence-corrected chi connectivity index (χ2v) is 5.10. The smallest absolute Gasteiger partial charge is 0.340 e. The fraction of sp³-hybridized carbons (Fsp3) is 0.500. The summed E-state index contributed by atoms with van der Waals surface area (Å²) in [6.45, 7) is 2.96. The van der Waals surface area contributed by atoms with Gasteiger partial charge in [-0.25, -0.2) is 4.79 Å². The van der Waals surface area contributed by atoms with Crippen LogP contribution in [0.3, 0.4) is 0 Å². The van der Waals surface area contributed by atoms with Crippen LogP contribution in [0.1, 0.15) is 30.1 Å². The molecule has 1 aromatic carbocycles. The number of nitrogen functional groups attached to an aromatic ring is 1. The van der Waals surface area contributed by atoms with Gasteiger partial charge in [-0.3, -0.25) is 0 Å². The van der Waals surface area contributed by atoms with E-state index < -0.39 is 0 Å². The molecule has 0 aliphatic carbocycles. The minimum Gasteiger partial charge on any atom is -0.462 e. The Morgan fingerprint density at radius 2 is 2.21 bits per heavy atom. The van der Waals surface area contributed by atoms with E-state index in [1.165, 1.54) is 0 Å². The molecule has 0 amide bonds. The molecule has 1 aromatic rings. The molecule has 0 unspecified atom stereocenters. The summed E-state index contributed by atoms with van der Waals surface area (Å²) in [5.74, 6) is 0.817. The first kappa shape index (κ1) is 15.7. The number of carbonyl (C=O) groups excluding carboxylic acids is 1. The molecule has 0 bridgehead atoms. The maximum Gasteiger partial charge on any atom is 0.340 e. The van der Waals surface area contributed by atoms with Crippen LogP contribution < -0.4 is 11.1 Å². The summed E-state index contributed by atoms with van der Waals surface area (Å²) < 4.78 is 5.03. The number of ether oxygens (including phenoxy) is 1. The molecule has 106 valence electrons. The lowest BCUT2D eigenvalue weighted by Crippen LogP contribution is -2.12. The number of thioether (sulfide) groups is 1. The maximum absolute atomic E-state index is 11.8. The van der Waals surface area contributed by atoms with Crippen LogP contribution in [0, 0.1) is 0 Å². The summed E-state index contributed by atoms with van der Waals surface area (Å²) in [5, 5.41) is 3.24. The lowest BCUT2D eigenvalue weighted by Gasteiger charge is -2.13. The van der Waals surface area contributed by atoms with Crippen molar-refractivity contribution in [3.05, 3.63) is 23.8 Å². The van der Waals surface area contributed by atoms with E-state index in [9.17, 15) is 4.79 Å². The molecule has 0 heterocycles. The third-order valence-electron chi connectivity index (χ3n) is 2.67. The molecular formula is C14H22N2O2S. The summed E-state index contributed by atoms with van der Waals surface area (Å²) in [5.41, 5.74) is 7.69. The summed E-state index contributed by atoms with van der Waals surface area (Å²) >= 11 is 1.84. The standard InChI is InChI=1S/C14H22N2O2S/c1-3-18-14(17)11-7-6-8-12(15)13(11)16-9-4-5-10-19-2/h6-8,16H,3-5,9-10,15H2,1-2H3. The number of esters is 1. The van der Waals surface area contributed by atoms with Crippen molar-refractivity contribution in [3.63, 3.8) is 0 Å². The number of benzene rings is 1. The first-order valence-corrected chi connectivity index (χ1v) is 7.88. The second-order valence-electron chi connectivity index (χ2n) is 4.12. The van der Waals surface area contributed by atoms with Gasteiger partial charge in [-0.2, -0.15) is 11.8 Å². The molecule has 0 saturated heterocycles. The van der Waals surface area contributed by atoms with Gasteiger partial charge in [-0.1, -0.05) is 6.07 Å². The highest BCUT2D eigenvalue weighted by atomic mass is 32.2. The number of anilines is 2. The zero-order valence-electron chi connectivity index (χ0n) is 11.6. The van der Waals surface area contributed by atoms with Crippen molar-refractivity contribution in [2.24, 2.45) is 0 Å². The second kappa shape index (κ2) is 8.69. The number of hydrogen-bond acceptors (Lipinski definition) is 5. The molecule has 0 spiro atoms. The van der Waals surface area contributed by atoms with Crippen molar-refractivity contribution in [2.75, 3.05) is 36.2 Å². The zero-order chi connectivity index (χ0) is 14.1. The summed E-state index contributed by atoms with van der Waals surface area (Å²) in [6, 6.07) is 5.28. The monoisotopic (exact) mass is 282 g/mol. The summed E-state index contributed by atoms with van der Waals surface area (Å²) in [4.78, 5) is 11.8. The highest BCUT2D eigenvalue weighted by Crippen LogP contribution is 2.24. The average molecular weight is 282 g/mol. The van der Waals surface area contributed by atoms with Crippen molar-refractivity contribution in [2.45, 2.75) is 19.8 Å². The van der Waals surface area contributed by atoms with E-state index in [-0.39, 0.29) is 5.97 Å². The van der Waals surface area contributed by atoms with E-state index in [2.05, 4.69) is 11.6 Å². The maximum atomic E-state index is 11.8. The highest BCUT2D eigenvalue weighted by molar-refractivity contribution is 7.98. The molecule has 0 fully saturated rings. The van der Waals surface area contributed by atoms with E-state index in [0.717, 1.165) is 25.1 Å². The van der Waals surface area contributed by atoms with E-state index in [1.54, 1.807) is 25.1 Å². The molecule has 0 aromatic heterocycles. The number of hydrogen-bond donors (Lipinski definition) is 2. The van der Waals surface area contributed by atoms with Gasteiger partial charge < -0.3 is 15.8 Å². The van der Waals surface area contributed by atoms with Gasteiger partial charge in [-0.15, -0.1) is 0 Å². The Balaban J connectivity index is 2.67. The SMILES string of the molecule is CCOC(=O)c1cccc(N)c1NCCCCSC. The van der Waals surface area contributed by atoms with Crippen molar-refractivity contribution < 1.29 is 9.53 Å². The van der Waals surface area contributed by atoms with Crippen molar-refractivity contribution in [1.29, 1.82) is 0 Å².